The van der Waals surface area contributed by atoms with Crippen molar-refractivity contribution in [2.45, 2.75) is 64.1 Å². The lowest BCUT2D eigenvalue weighted by Gasteiger charge is -2.21. The zero-order valence-corrected chi connectivity index (χ0v) is 19.5. The molecule has 0 radical (unpaired) electrons. The topological polar surface area (TPSA) is 59.1 Å². The summed E-state index contributed by atoms with van der Waals surface area (Å²) in [5, 5.41) is 5.79. The maximum Gasteiger partial charge on any atom is 0.421 e. The third kappa shape index (κ3) is 6.18. The Morgan fingerprint density at radius 1 is 0.853 bits per heavy atom. The summed E-state index contributed by atoms with van der Waals surface area (Å²) in [6.45, 7) is 5.77. The third-order valence-electron chi connectivity index (χ3n) is 5.63. The normalized spacial score (nSPS) is 14.8. The number of ether oxygens (including phenoxy) is 1. The molecule has 0 aliphatic heterocycles. The van der Waals surface area contributed by atoms with Gasteiger partial charge >= 0.3 is 6.18 Å². The molecule has 0 unspecified atom stereocenters. The van der Waals surface area contributed by atoms with Gasteiger partial charge in [0.15, 0.2) is 0 Å². The average molecular weight is 471 g/mol. The van der Waals surface area contributed by atoms with E-state index in [1.54, 1.807) is 24.3 Å². The molecule has 34 heavy (non-hydrogen) atoms. The summed E-state index contributed by atoms with van der Waals surface area (Å²) in [5.41, 5.74) is 1.15. The largest absolute Gasteiger partial charge is 0.488 e. The highest BCUT2D eigenvalue weighted by atomic mass is 19.4. The summed E-state index contributed by atoms with van der Waals surface area (Å²) >= 11 is 0. The molecule has 2 aromatic carbocycles. The van der Waals surface area contributed by atoms with Crippen LogP contribution in [0.25, 0.3) is 0 Å². The van der Waals surface area contributed by atoms with E-state index in [2.05, 4.69) is 32.7 Å². The minimum absolute atomic E-state index is 0.0804. The molecular weight excluding hydrogens is 441 g/mol. The van der Waals surface area contributed by atoms with Gasteiger partial charge in [0.25, 0.3) is 0 Å². The lowest BCUT2D eigenvalue weighted by atomic mass is 9.98. The average Bonchev–Trinajstić information content (AvgIpc) is 3.29. The molecule has 5 nitrogen and oxygen atoms in total. The van der Waals surface area contributed by atoms with E-state index in [1.165, 1.54) is 31.2 Å². The van der Waals surface area contributed by atoms with Gasteiger partial charge in [-0.2, -0.15) is 18.2 Å². The highest BCUT2D eigenvalue weighted by Crippen LogP contribution is 2.36. The Balaban J connectivity index is 1.53. The molecule has 1 heterocycles. The van der Waals surface area contributed by atoms with Gasteiger partial charge in [-0.05, 0) is 81.5 Å². The van der Waals surface area contributed by atoms with Gasteiger partial charge in [-0.3, -0.25) is 0 Å². The standard InChI is InChI=1S/C26H29F3N4O/c1-25(2,3)34-21-14-12-19(13-15-21)31-23-22(26(27,28)29)16-30-24(33-23)32-20-10-8-18(9-11-20)17-6-4-5-7-17/h8-17H,4-7H2,1-3H3,(H2,30,31,32,33). The summed E-state index contributed by atoms with van der Waals surface area (Å²) in [6.07, 6.45) is 1.11. The van der Waals surface area contributed by atoms with E-state index in [0.29, 0.717) is 17.4 Å². The molecule has 0 bridgehead atoms. The van der Waals surface area contributed by atoms with E-state index in [0.717, 1.165) is 11.9 Å². The second kappa shape index (κ2) is 9.52. The zero-order valence-electron chi connectivity index (χ0n) is 19.5. The fraction of sp³-hybridized carbons (Fsp3) is 0.385. The van der Waals surface area contributed by atoms with Crippen LogP contribution in [0.3, 0.4) is 0 Å². The Bertz CT molecular complexity index is 1100. The highest BCUT2D eigenvalue weighted by molar-refractivity contribution is 5.63. The van der Waals surface area contributed by atoms with Gasteiger partial charge in [-0.15, -0.1) is 0 Å². The van der Waals surface area contributed by atoms with Crippen molar-refractivity contribution < 1.29 is 17.9 Å². The van der Waals surface area contributed by atoms with Crippen LogP contribution in [-0.2, 0) is 6.18 Å². The maximum atomic E-state index is 13.6. The van der Waals surface area contributed by atoms with Gasteiger partial charge in [0.05, 0.1) is 0 Å². The number of hydrogen-bond acceptors (Lipinski definition) is 5. The number of nitrogens with zero attached hydrogens (tertiary/aromatic N) is 2. The fourth-order valence-electron chi connectivity index (χ4n) is 4.07. The van der Waals surface area contributed by atoms with Crippen molar-refractivity contribution in [2.75, 3.05) is 10.6 Å². The van der Waals surface area contributed by atoms with E-state index < -0.39 is 11.7 Å². The van der Waals surface area contributed by atoms with Crippen molar-refractivity contribution in [1.29, 1.82) is 0 Å². The Hall–Kier alpha value is -3.29. The van der Waals surface area contributed by atoms with Crippen molar-refractivity contribution in [1.82, 2.24) is 9.97 Å². The second-order valence-corrected chi connectivity index (χ2v) is 9.55. The van der Waals surface area contributed by atoms with Crippen molar-refractivity contribution in [3.05, 3.63) is 65.9 Å². The van der Waals surface area contributed by atoms with Crippen LogP contribution in [0.15, 0.2) is 54.7 Å². The lowest BCUT2D eigenvalue weighted by molar-refractivity contribution is -0.137. The van der Waals surface area contributed by atoms with Gasteiger partial charge in [-0.1, -0.05) is 25.0 Å². The highest BCUT2D eigenvalue weighted by Gasteiger charge is 2.35. The lowest BCUT2D eigenvalue weighted by Crippen LogP contribution is -2.22. The predicted octanol–water partition coefficient (Wildman–Crippen LogP) is 7.82. The van der Waals surface area contributed by atoms with Crippen LogP contribution >= 0.6 is 0 Å². The van der Waals surface area contributed by atoms with Gasteiger partial charge < -0.3 is 15.4 Å². The van der Waals surface area contributed by atoms with Crippen LogP contribution in [0.1, 0.15) is 63.5 Å². The number of alkyl halides is 3. The summed E-state index contributed by atoms with van der Waals surface area (Å²) in [7, 11) is 0. The molecule has 1 saturated carbocycles. The van der Waals surface area contributed by atoms with E-state index in [9.17, 15) is 13.2 Å². The Morgan fingerprint density at radius 2 is 1.44 bits per heavy atom. The number of anilines is 4. The number of nitrogens with one attached hydrogen (secondary N) is 2. The first-order valence-electron chi connectivity index (χ1n) is 11.4. The minimum atomic E-state index is -4.60. The first kappa shape index (κ1) is 23.9. The number of rotatable bonds is 6. The number of halogens is 3. The molecule has 1 aliphatic rings. The molecule has 1 aromatic heterocycles. The van der Waals surface area contributed by atoms with Crippen molar-refractivity contribution in [3.8, 4) is 5.75 Å². The van der Waals surface area contributed by atoms with Crippen LogP contribution in [0, 0.1) is 0 Å². The second-order valence-electron chi connectivity index (χ2n) is 9.55. The number of aromatic nitrogens is 2. The van der Waals surface area contributed by atoms with Crippen LogP contribution in [0.4, 0.5) is 36.3 Å². The van der Waals surface area contributed by atoms with Gasteiger partial charge in [0.1, 0.15) is 22.7 Å². The van der Waals surface area contributed by atoms with Crippen molar-refractivity contribution in [3.63, 3.8) is 0 Å². The van der Waals surface area contributed by atoms with Crippen molar-refractivity contribution in [2.24, 2.45) is 0 Å². The summed E-state index contributed by atoms with van der Waals surface area (Å²) < 4.78 is 46.5. The molecule has 0 atom stereocenters. The number of hydrogen-bond donors (Lipinski definition) is 2. The smallest absolute Gasteiger partial charge is 0.421 e. The van der Waals surface area contributed by atoms with Gasteiger partial charge in [0, 0.05) is 17.6 Å². The fourth-order valence-corrected chi connectivity index (χ4v) is 4.07. The molecule has 1 aliphatic carbocycles. The monoisotopic (exact) mass is 470 g/mol. The van der Waals surface area contributed by atoms with E-state index >= 15 is 0 Å². The summed E-state index contributed by atoms with van der Waals surface area (Å²) in [5.74, 6) is 0.974. The Morgan fingerprint density at radius 3 is 2.03 bits per heavy atom. The van der Waals surface area contributed by atoms with E-state index in [4.69, 9.17) is 4.74 Å². The Labute approximate surface area is 197 Å². The summed E-state index contributed by atoms with van der Waals surface area (Å²) in [6, 6.07) is 14.6. The zero-order chi connectivity index (χ0) is 24.3. The molecule has 2 N–H and O–H groups in total. The van der Waals surface area contributed by atoms with Crippen molar-refractivity contribution >= 4 is 23.1 Å². The minimum Gasteiger partial charge on any atom is -0.488 e. The van der Waals surface area contributed by atoms with E-state index in [1.807, 2.05) is 32.9 Å². The van der Waals surface area contributed by atoms with Crippen LogP contribution in [0.5, 0.6) is 5.75 Å². The predicted molar refractivity (Wildman–Crippen MR) is 128 cm³/mol. The van der Waals surface area contributed by atoms with Gasteiger partial charge in [-0.25, -0.2) is 4.98 Å². The molecule has 0 spiro atoms. The molecule has 0 saturated heterocycles. The first-order valence-corrected chi connectivity index (χ1v) is 11.4. The molecule has 3 aromatic rings. The summed E-state index contributed by atoms with van der Waals surface area (Å²) in [4.78, 5) is 8.02. The van der Waals surface area contributed by atoms with Gasteiger partial charge in [0.2, 0.25) is 5.95 Å². The van der Waals surface area contributed by atoms with Crippen LogP contribution in [-0.4, -0.2) is 15.6 Å². The Kier molecular flexibility index (Phi) is 6.68. The SMILES string of the molecule is CC(C)(C)Oc1ccc(Nc2nc(Nc3ccc(C4CCCC4)cc3)ncc2C(F)(F)F)cc1. The molecule has 0 amide bonds. The molecule has 1 fully saturated rings. The molecule has 180 valence electrons. The van der Waals surface area contributed by atoms with Crippen LogP contribution < -0.4 is 15.4 Å². The quantitative estimate of drug-likeness (QED) is 0.385. The number of benzene rings is 2. The third-order valence-corrected chi connectivity index (χ3v) is 5.63. The molecular formula is C26H29F3N4O. The van der Waals surface area contributed by atoms with Crippen LogP contribution in [0.2, 0.25) is 0 Å². The molecule has 4 rings (SSSR count). The molecule has 8 heteroatoms. The van der Waals surface area contributed by atoms with E-state index in [-0.39, 0.29) is 17.4 Å². The maximum absolute atomic E-state index is 13.6. The first-order chi connectivity index (χ1) is 16.1.